The van der Waals surface area contributed by atoms with Gasteiger partial charge in [-0.3, -0.25) is 5.10 Å². The molecule has 0 amide bonds. The van der Waals surface area contributed by atoms with E-state index in [1.54, 1.807) is 0 Å². The number of hydrogen-bond acceptors (Lipinski definition) is 2. The van der Waals surface area contributed by atoms with E-state index in [1.165, 1.54) is 0 Å². The molecule has 0 bridgehead atoms. The first-order chi connectivity index (χ1) is 10.1. The van der Waals surface area contributed by atoms with Crippen LogP contribution in [-0.4, -0.2) is 10.2 Å². The van der Waals surface area contributed by atoms with Gasteiger partial charge in [0.15, 0.2) is 5.82 Å². The lowest BCUT2D eigenvalue weighted by atomic mass is 10.0. The minimum atomic E-state index is 0.454. The maximum atomic E-state index is 6.10. The molecule has 21 heavy (non-hydrogen) atoms. The molecule has 0 saturated heterocycles. The van der Waals surface area contributed by atoms with Gasteiger partial charge < -0.3 is 5.73 Å². The van der Waals surface area contributed by atoms with Crippen LogP contribution in [0.1, 0.15) is 0 Å². The van der Waals surface area contributed by atoms with Gasteiger partial charge in [-0.2, -0.15) is 5.10 Å². The van der Waals surface area contributed by atoms with Crippen molar-refractivity contribution in [3.63, 3.8) is 0 Å². The number of nitrogens with one attached hydrogen (secondary N) is 1. The molecule has 0 atom stereocenters. The van der Waals surface area contributed by atoms with Crippen LogP contribution in [0.15, 0.2) is 51.4 Å². The molecule has 6 heteroatoms. The SMILES string of the molecule is Nc1n[nH]c(-c2cc(Cl)ccc2Br)c1-c1cccc(Br)c1. The van der Waals surface area contributed by atoms with E-state index in [1.807, 2.05) is 42.5 Å². The van der Waals surface area contributed by atoms with Crippen molar-refractivity contribution < 1.29 is 0 Å². The zero-order valence-electron chi connectivity index (χ0n) is 10.7. The lowest BCUT2D eigenvalue weighted by Crippen LogP contribution is -1.89. The number of nitrogens with zero attached hydrogens (tertiary/aromatic N) is 1. The summed E-state index contributed by atoms with van der Waals surface area (Å²) in [6.07, 6.45) is 0. The summed E-state index contributed by atoms with van der Waals surface area (Å²) in [6.45, 7) is 0. The maximum Gasteiger partial charge on any atom is 0.153 e. The Morgan fingerprint density at radius 1 is 1.10 bits per heavy atom. The van der Waals surface area contributed by atoms with Gasteiger partial charge in [-0.15, -0.1) is 0 Å². The first kappa shape index (κ1) is 14.6. The Labute approximate surface area is 143 Å². The van der Waals surface area contributed by atoms with Crippen LogP contribution in [0.4, 0.5) is 5.82 Å². The molecule has 1 aromatic heterocycles. The first-order valence-electron chi connectivity index (χ1n) is 6.11. The number of hydrogen-bond donors (Lipinski definition) is 2. The van der Waals surface area contributed by atoms with E-state index in [2.05, 4.69) is 42.1 Å². The van der Waals surface area contributed by atoms with E-state index >= 15 is 0 Å². The molecule has 0 unspecified atom stereocenters. The van der Waals surface area contributed by atoms with E-state index < -0.39 is 0 Å². The largest absolute Gasteiger partial charge is 0.382 e. The van der Waals surface area contributed by atoms with Crippen LogP contribution in [0.25, 0.3) is 22.4 Å². The number of anilines is 1. The van der Waals surface area contributed by atoms with Crippen molar-refractivity contribution in [3.05, 3.63) is 56.4 Å². The second kappa shape index (κ2) is 5.83. The Hall–Kier alpha value is -1.30. The standard InChI is InChI=1S/C15H10Br2ClN3/c16-9-3-1-2-8(6-9)13-14(20-21-15(13)19)11-7-10(18)4-5-12(11)17/h1-7H,(H3,19,20,21). The fraction of sp³-hybridized carbons (Fsp3) is 0. The van der Waals surface area contributed by atoms with Crippen LogP contribution in [0, 0.1) is 0 Å². The normalized spacial score (nSPS) is 10.8. The third-order valence-corrected chi connectivity index (χ3v) is 4.53. The molecule has 3 rings (SSSR count). The molecule has 0 fully saturated rings. The van der Waals surface area contributed by atoms with E-state index in [4.69, 9.17) is 17.3 Å². The third kappa shape index (κ3) is 2.86. The second-order valence-electron chi connectivity index (χ2n) is 4.49. The van der Waals surface area contributed by atoms with Gasteiger partial charge in [0.05, 0.1) is 11.3 Å². The van der Waals surface area contributed by atoms with Crippen molar-refractivity contribution in [3.8, 4) is 22.4 Å². The highest BCUT2D eigenvalue weighted by Crippen LogP contribution is 2.39. The molecular weight excluding hydrogens is 417 g/mol. The Bertz CT molecular complexity index is 814. The van der Waals surface area contributed by atoms with Gasteiger partial charge in [-0.25, -0.2) is 0 Å². The minimum absolute atomic E-state index is 0.454. The van der Waals surface area contributed by atoms with Gasteiger partial charge in [0.2, 0.25) is 0 Å². The summed E-state index contributed by atoms with van der Waals surface area (Å²) in [5, 5.41) is 7.79. The molecular formula is C15H10Br2ClN3. The van der Waals surface area contributed by atoms with E-state index in [-0.39, 0.29) is 0 Å². The molecule has 1 heterocycles. The zero-order chi connectivity index (χ0) is 15.0. The zero-order valence-corrected chi connectivity index (χ0v) is 14.6. The molecule has 3 aromatic rings. The summed E-state index contributed by atoms with van der Waals surface area (Å²) in [5.41, 5.74) is 9.64. The van der Waals surface area contributed by atoms with Crippen LogP contribution >= 0.6 is 43.5 Å². The van der Waals surface area contributed by atoms with Crippen molar-refractivity contribution in [2.45, 2.75) is 0 Å². The molecule has 0 aliphatic heterocycles. The maximum absolute atomic E-state index is 6.10. The lowest BCUT2D eigenvalue weighted by molar-refractivity contribution is 1.10. The predicted molar refractivity (Wildman–Crippen MR) is 94.3 cm³/mol. The van der Waals surface area contributed by atoms with Gasteiger partial charge >= 0.3 is 0 Å². The van der Waals surface area contributed by atoms with Crippen LogP contribution < -0.4 is 5.73 Å². The van der Waals surface area contributed by atoms with Crippen LogP contribution in [0.3, 0.4) is 0 Å². The summed E-state index contributed by atoms with van der Waals surface area (Å²) in [5.74, 6) is 0.454. The number of H-pyrrole nitrogens is 1. The van der Waals surface area contributed by atoms with Gasteiger partial charge in [-0.05, 0) is 35.9 Å². The van der Waals surface area contributed by atoms with Crippen molar-refractivity contribution in [1.82, 2.24) is 10.2 Å². The number of aromatic amines is 1. The molecule has 0 radical (unpaired) electrons. The number of nitrogen functional groups attached to an aromatic ring is 1. The Balaban J connectivity index is 2.24. The molecule has 0 saturated carbocycles. The second-order valence-corrected chi connectivity index (χ2v) is 6.70. The minimum Gasteiger partial charge on any atom is -0.382 e. The van der Waals surface area contributed by atoms with Gasteiger partial charge in [0.25, 0.3) is 0 Å². The van der Waals surface area contributed by atoms with Crippen molar-refractivity contribution in [2.24, 2.45) is 0 Å². The molecule has 0 aliphatic rings. The van der Waals surface area contributed by atoms with Crippen molar-refractivity contribution in [2.75, 3.05) is 5.73 Å². The summed E-state index contributed by atoms with van der Waals surface area (Å²) in [4.78, 5) is 0. The summed E-state index contributed by atoms with van der Waals surface area (Å²) in [7, 11) is 0. The average molecular weight is 428 g/mol. The molecule has 2 aromatic carbocycles. The van der Waals surface area contributed by atoms with Crippen LogP contribution in [0.5, 0.6) is 0 Å². The first-order valence-corrected chi connectivity index (χ1v) is 8.08. The number of benzene rings is 2. The lowest BCUT2D eigenvalue weighted by Gasteiger charge is -2.08. The van der Waals surface area contributed by atoms with Crippen molar-refractivity contribution >= 4 is 49.3 Å². The smallest absolute Gasteiger partial charge is 0.153 e. The third-order valence-electron chi connectivity index (χ3n) is 3.11. The number of nitrogens with two attached hydrogens (primary N) is 1. The van der Waals surface area contributed by atoms with Gasteiger partial charge in [-0.1, -0.05) is 55.6 Å². The van der Waals surface area contributed by atoms with Gasteiger partial charge in [0, 0.05) is 19.5 Å². The molecule has 0 spiro atoms. The van der Waals surface area contributed by atoms with E-state index in [0.29, 0.717) is 10.8 Å². The van der Waals surface area contributed by atoms with E-state index in [0.717, 1.165) is 31.3 Å². The number of halogens is 3. The van der Waals surface area contributed by atoms with Crippen LogP contribution in [0.2, 0.25) is 5.02 Å². The quantitative estimate of drug-likeness (QED) is 0.567. The number of aromatic nitrogens is 2. The summed E-state index contributed by atoms with van der Waals surface area (Å²) in [6, 6.07) is 13.5. The highest BCUT2D eigenvalue weighted by molar-refractivity contribution is 9.10. The fourth-order valence-corrected chi connectivity index (χ4v) is 3.19. The van der Waals surface area contributed by atoms with Crippen molar-refractivity contribution in [1.29, 1.82) is 0 Å². The summed E-state index contributed by atoms with van der Waals surface area (Å²) >= 11 is 13.1. The molecule has 106 valence electrons. The molecule has 3 N–H and O–H groups in total. The Kier molecular flexibility index (Phi) is 4.06. The Morgan fingerprint density at radius 2 is 1.90 bits per heavy atom. The predicted octanol–water partition coefficient (Wildman–Crippen LogP) is 5.50. The molecule has 3 nitrogen and oxygen atoms in total. The topological polar surface area (TPSA) is 54.7 Å². The van der Waals surface area contributed by atoms with Crippen LogP contribution in [-0.2, 0) is 0 Å². The summed E-state index contributed by atoms with van der Waals surface area (Å²) < 4.78 is 1.91. The Morgan fingerprint density at radius 3 is 2.67 bits per heavy atom. The fourth-order valence-electron chi connectivity index (χ4n) is 2.18. The molecule has 0 aliphatic carbocycles. The average Bonchev–Trinajstić information content (AvgIpc) is 2.83. The van der Waals surface area contributed by atoms with Gasteiger partial charge in [0.1, 0.15) is 0 Å². The highest BCUT2D eigenvalue weighted by atomic mass is 79.9. The number of rotatable bonds is 2. The van der Waals surface area contributed by atoms with E-state index in [9.17, 15) is 0 Å². The monoisotopic (exact) mass is 425 g/mol. The highest BCUT2D eigenvalue weighted by Gasteiger charge is 2.17.